The van der Waals surface area contributed by atoms with Gasteiger partial charge in [0.15, 0.2) is 6.61 Å². The molecule has 7 nitrogen and oxygen atoms in total. The molecule has 0 spiro atoms. The highest BCUT2D eigenvalue weighted by atomic mass is 16.5. The number of hydrazone groups is 1. The van der Waals surface area contributed by atoms with Gasteiger partial charge >= 0.3 is 0 Å². The molecule has 3 heterocycles. The predicted molar refractivity (Wildman–Crippen MR) is 124 cm³/mol. The van der Waals surface area contributed by atoms with Crippen molar-refractivity contribution in [3.63, 3.8) is 0 Å². The zero-order valence-electron chi connectivity index (χ0n) is 18.4. The van der Waals surface area contributed by atoms with E-state index in [1.54, 1.807) is 23.3 Å². The molecule has 1 fully saturated rings. The summed E-state index contributed by atoms with van der Waals surface area (Å²) in [6, 6.07) is 18.7. The minimum atomic E-state index is -0.309. The number of carbonyl (C=O) groups is 2. The molecule has 1 unspecified atom stereocenters. The molecule has 0 N–H and O–H groups in total. The first kappa shape index (κ1) is 21.0. The monoisotopic (exact) mass is 443 g/mol. The average molecular weight is 444 g/mol. The van der Waals surface area contributed by atoms with E-state index in [9.17, 15) is 9.59 Å². The molecule has 2 aromatic carbocycles. The van der Waals surface area contributed by atoms with E-state index in [1.807, 2.05) is 55.5 Å². The summed E-state index contributed by atoms with van der Waals surface area (Å²) in [4.78, 5) is 26.8. The minimum Gasteiger partial charge on any atom is -0.484 e. The van der Waals surface area contributed by atoms with E-state index in [4.69, 9.17) is 9.15 Å². The van der Waals surface area contributed by atoms with Crippen molar-refractivity contribution in [3.05, 3.63) is 83.8 Å². The first-order chi connectivity index (χ1) is 16.1. The number of hydrogen-bond acceptors (Lipinski definition) is 5. The summed E-state index contributed by atoms with van der Waals surface area (Å²) >= 11 is 0. The van der Waals surface area contributed by atoms with Crippen LogP contribution in [-0.4, -0.2) is 35.7 Å². The third-order valence-corrected chi connectivity index (χ3v) is 6.01. The van der Waals surface area contributed by atoms with Crippen LogP contribution in [0.1, 0.15) is 42.2 Å². The van der Waals surface area contributed by atoms with Crippen LogP contribution < -0.4 is 9.64 Å². The van der Waals surface area contributed by atoms with Gasteiger partial charge in [0.25, 0.3) is 5.91 Å². The SMILES string of the molecule is Cc1ccc(C2=NN(C(=O)COc3ccc(N4CCCC4=O)cc3)C(c3ccco3)C2)cc1. The Hall–Kier alpha value is -3.87. The molecule has 168 valence electrons. The predicted octanol–water partition coefficient (Wildman–Crippen LogP) is 4.47. The molecular formula is C26H25N3O4. The Morgan fingerprint density at radius 1 is 1.12 bits per heavy atom. The van der Waals surface area contributed by atoms with Crippen molar-refractivity contribution < 1.29 is 18.7 Å². The van der Waals surface area contributed by atoms with Crippen LogP contribution in [0.3, 0.4) is 0 Å². The molecule has 1 atom stereocenters. The van der Waals surface area contributed by atoms with Crippen LogP contribution >= 0.6 is 0 Å². The number of aryl methyl sites for hydroxylation is 1. The number of hydrogen-bond donors (Lipinski definition) is 0. The first-order valence-corrected chi connectivity index (χ1v) is 11.1. The summed E-state index contributed by atoms with van der Waals surface area (Å²) in [5.74, 6) is 1.14. The Labute approximate surface area is 192 Å². The molecule has 7 heteroatoms. The Balaban J connectivity index is 1.29. The number of furan rings is 1. The number of amides is 2. The van der Waals surface area contributed by atoms with Crippen molar-refractivity contribution in [2.24, 2.45) is 5.10 Å². The summed E-state index contributed by atoms with van der Waals surface area (Å²) in [6.07, 6.45) is 3.64. The second-order valence-corrected chi connectivity index (χ2v) is 8.32. The normalized spacial score (nSPS) is 18.0. The quantitative estimate of drug-likeness (QED) is 0.563. The van der Waals surface area contributed by atoms with Gasteiger partial charge in [0, 0.05) is 25.1 Å². The average Bonchev–Trinajstić information content (AvgIpc) is 3.59. The highest BCUT2D eigenvalue weighted by molar-refractivity contribution is 6.03. The number of rotatable bonds is 6. The number of benzene rings is 2. The van der Waals surface area contributed by atoms with E-state index < -0.39 is 0 Å². The Bertz CT molecular complexity index is 1170. The zero-order valence-corrected chi connectivity index (χ0v) is 18.4. The molecule has 2 aliphatic heterocycles. The summed E-state index contributed by atoms with van der Waals surface area (Å²) in [5, 5.41) is 6.09. The Kier molecular flexibility index (Phi) is 5.69. The summed E-state index contributed by atoms with van der Waals surface area (Å²) in [6.45, 7) is 2.63. The number of anilines is 1. The fourth-order valence-electron chi connectivity index (χ4n) is 4.22. The molecule has 5 rings (SSSR count). The van der Waals surface area contributed by atoms with Gasteiger partial charge in [0.05, 0.1) is 12.0 Å². The van der Waals surface area contributed by atoms with Gasteiger partial charge < -0.3 is 14.1 Å². The summed E-state index contributed by atoms with van der Waals surface area (Å²) < 4.78 is 11.3. The van der Waals surface area contributed by atoms with Crippen molar-refractivity contribution in [1.82, 2.24) is 5.01 Å². The van der Waals surface area contributed by atoms with E-state index in [-0.39, 0.29) is 24.5 Å². The van der Waals surface area contributed by atoms with Crippen LogP contribution in [0, 0.1) is 6.92 Å². The van der Waals surface area contributed by atoms with Crippen molar-refractivity contribution >= 4 is 23.2 Å². The lowest BCUT2D eigenvalue weighted by Gasteiger charge is -2.20. The van der Waals surface area contributed by atoms with Gasteiger partial charge in [-0.2, -0.15) is 5.10 Å². The van der Waals surface area contributed by atoms with E-state index in [1.165, 1.54) is 10.6 Å². The van der Waals surface area contributed by atoms with Gasteiger partial charge in [-0.05, 0) is 55.3 Å². The van der Waals surface area contributed by atoms with Crippen LogP contribution in [0.2, 0.25) is 0 Å². The maximum Gasteiger partial charge on any atom is 0.281 e. The van der Waals surface area contributed by atoms with E-state index in [0.717, 1.165) is 29.9 Å². The molecular weight excluding hydrogens is 418 g/mol. The summed E-state index contributed by atoms with van der Waals surface area (Å²) in [5.41, 5.74) is 3.84. The van der Waals surface area contributed by atoms with Crippen LogP contribution in [0.4, 0.5) is 5.69 Å². The largest absolute Gasteiger partial charge is 0.484 e. The van der Waals surface area contributed by atoms with Crippen LogP contribution in [0.15, 0.2) is 76.4 Å². The Morgan fingerprint density at radius 3 is 2.58 bits per heavy atom. The highest BCUT2D eigenvalue weighted by Gasteiger charge is 2.35. The van der Waals surface area contributed by atoms with Gasteiger partial charge in [-0.3, -0.25) is 9.59 Å². The van der Waals surface area contributed by atoms with Crippen molar-refractivity contribution in [2.75, 3.05) is 18.1 Å². The third kappa shape index (κ3) is 4.39. The standard InChI is InChI=1S/C26H25N3O4/c1-18-6-8-19(9-7-18)22-16-23(24-4-3-15-32-24)29(27-22)26(31)17-33-21-12-10-20(11-13-21)28-14-2-5-25(28)30/h3-4,6-13,15,23H,2,5,14,16-17H2,1H3. The molecule has 1 aromatic heterocycles. The lowest BCUT2D eigenvalue weighted by Crippen LogP contribution is -2.31. The van der Waals surface area contributed by atoms with Crippen molar-refractivity contribution in [3.8, 4) is 5.75 Å². The minimum absolute atomic E-state index is 0.138. The molecule has 2 amide bonds. The number of carbonyl (C=O) groups excluding carboxylic acids is 2. The lowest BCUT2D eigenvalue weighted by atomic mass is 10.0. The highest BCUT2D eigenvalue weighted by Crippen LogP contribution is 2.33. The Morgan fingerprint density at radius 2 is 1.91 bits per heavy atom. The molecule has 0 aliphatic carbocycles. The van der Waals surface area contributed by atoms with Gasteiger partial charge in [-0.15, -0.1) is 0 Å². The third-order valence-electron chi connectivity index (χ3n) is 6.01. The van der Waals surface area contributed by atoms with Crippen LogP contribution in [0.5, 0.6) is 5.75 Å². The van der Waals surface area contributed by atoms with E-state index in [2.05, 4.69) is 5.10 Å². The van der Waals surface area contributed by atoms with Crippen molar-refractivity contribution in [2.45, 2.75) is 32.2 Å². The second kappa shape index (κ2) is 8.94. The zero-order chi connectivity index (χ0) is 22.8. The molecule has 0 bridgehead atoms. The summed E-state index contributed by atoms with van der Waals surface area (Å²) in [7, 11) is 0. The molecule has 0 radical (unpaired) electrons. The lowest BCUT2D eigenvalue weighted by molar-refractivity contribution is -0.135. The van der Waals surface area contributed by atoms with Gasteiger partial charge in [0.1, 0.15) is 17.6 Å². The van der Waals surface area contributed by atoms with Crippen LogP contribution in [-0.2, 0) is 9.59 Å². The smallest absolute Gasteiger partial charge is 0.281 e. The fraction of sp³-hybridized carbons (Fsp3) is 0.269. The molecule has 2 aliphatic rings. The molecule has 0 saturated carbocycles. The van der Waals surface area contributed by atoms with Crippen LogP contribution in [0.25, 0.3) is 0 Å². The molecule has 1 saturated heterocycles. The van der Waals surface area contributed by atoms with Crippen molar-refractivity contribution in [1.29, 1.82) is 0 Å². The number of nitrogens with zero attached hydrogens (tertiary/aromatic N) is 3. The molecule has 33 heavy (non-hydrogen) atoms. The maximum atomic E-state index is 13.1. The van der Waals surface area contributed by atoms with Gasteiger partial charge in [-0.25, -0.2) is 5.01 Å². The number of ether oxygens (including phenoxy) is 1. The maximum absolute atomic E-state index is 13.1. The van der Waals surface area contributed by atoms with Gasteiger partial charge in [0.2, 0.25) is 5.91 Å². The molecule has 3 aromatic rings. The van der Waals surface area contributed by atoms with E-state index in [0.29, 0.717) is 24.4 Å². The van der Waals surface area contributed by atoms with E-state index >= 15 is 0 Å². The first-order valence-electron chi connectivity index (χ1n) is 11.1. The fourth-order valence-corrected chi connectivity index (χ4v) is 4.22. The van der Waals surface area contributed by atoms with Gasteiger partial charge in [-0.1, -0.05) is 29.8 Å². The second-order valence-electron chi connectivity index (χ2n) is 8.32. The topological polar surface area (TPSA) is 75.4 Å².